The zero-order valence-corrected chi connectivity index (χ0v) is 19.3. The molecule has 0 N–H and O–H groups in total. The molecule has 0 aliphatic carbocycles. The Kier molecular flexibility index (Phi) is 16.0. The van der Waals surface area contributed by atoms with Crippen molar-refractivity contribution in [3.05, 3.63) is 55.0 Å². The fourth-order valence-corrected chi connectivity index (χ4v) is 3.21. The van der Waals surface area contributed by atoms with Gasteiger partial charge in [0.05, 0.1) is 6.07 Å². The Morgan fingerprint density at radius 3 is 1.77 bits per heavy atom. The first-order chi connectivity index (χ1) is 11.9. The minimum Gasteiger partial charge on any atom is -1.00 e. The summed E-state index contributed by atoms with van der Waals surface area (Å²) in [5.41, 5.74) is 0. The van der Waals surface area contributed by atoms with Crippen LogP contribution in [0.15, 0.2) is 55.0 Å². The Morgan fingerprint density at radius 2 is 1.15 bits per heavy atom. The van der Waals surface area contributed by atoms with E-state index in [1.54, 1.807) is 0 Å². The van der Waals surface area contributed by atoms with Gasteiger partial charge in [-0.2, -0.15) is 0 Å². The van der Waals surface area contributed by atoms with E-state index in [4.69, 9.17) is 0 Å². The SMILES string of the molecule is CCCCCCCCCCCC[n+]1ccccc1-[n+]1ccccc1.[Br-].[Br-]. The summed E-state index contributed by atoms with van der Waals surface area (Å²) in [5, 5.41) is 0. The standard InChI is InChI=1S/C22H34N2.2BrH/c1-2-3-4-5-6-7-8-9-10-13-18-24-21-16-12-17-22(24)23-19-14-11-15-20-23;;/h11-12,14-17,19-21H,2-10,13,18H2,1H3;2*1H/q+2;;/p-2. The summed E-state index contributed by atoms with van der Waals surface area (Å²) >= 11 is 0. The van der Waals surface area contributed by atoms with E-state index in [-0.39, 0.29) is 34.0 Å². The number of halogens is 2. The van der Waals surface area contributed by atoms with Gasteiger partial charge in [0.1, 0.15) is 0 Å². The van der Waals surface area contributed by atoms with Gasteiger partial charge in [-0.1, -0.05) is 64.4 Å². The summed E-state index contributed by atoms with van der Waals surface area (Å²) in [6.45, 7) is 3.39. The van der Waals surface area contributed by atoms with Crippen molar-refractivity contribution in [2.45, 2.75) is 77.7 Å². The van der Waals surface area contributed by atoms with Crippen molar-refractivity contribution < 1.29 is 43.1 Å². The van der Waals surface area contributed by atoms with Crippen LogP contribution in [0.4, 0.5) is 0 Å². The number of pyridine rings is 2. The normalized spacial score (nSPS) is 10.0. The van der Waals surface area contributed by atoms with Crippen molar-refractivity contribution in [3.63, 3.8) is 0 Å². The van der Waals surface area contributed by atoms with E-state index >= 15 is 0 Å². The van der Waals surface area contributed by atoms with Crippen molar-refractivity contribution in [2.24, 2.45) is 0 Å². The number of rotatable bonds is 12. The molecule has 0 unspecified atom stereocenters. The van der Waals surface area contributed by atoms with Gasteiger partial charge in [-0.05, 0) is 12.5 Å². The highest BCUT2D eigenvalue weighted by Gasteiger charge is 2.17. The van der Waals surface area contributed by atoms with Crippen molar-refractivity contribution in [2.75, 3.05) is 0 Å². The minimum absolute atomic E-state index is 0. The maximum absolute atomic E-state index is 2.37. The molecule has 0 amide bonds. The predicted octanol–water partition coefficient (Wildman–Crippen LogP) is -0.820. The van der Waals surface area contributed by atoms with Gasteiger partial charge in [-0.25, -0.2) is 0 Å². The lowest BCUT2D eigenvalue weighted by atomic mass is 10.1. The molecule has 2 aromatic rings. The number of hydrogen-bond acceptors (Lipinski definition) is 0. The molecule has 0 bridgehead atoms. The number of hydrogen-bond donors (Lipinski definition) is 0. The fourth-order valence-electron chi connectivity index (χ4n) is 3.21. The lowest BCUT2D eigenvalue weighted by Gasteiger charge is -2.02. The van der Waals surface area contributed by atoms with Crippen molar-refractivity contribution >= 4 is 0 Å². The van der Waals surface area contributed by atoms with E-state index in [1.165, 1.54) is 70.0 Å². The van der Waals surface area contributed by atoms with E-state index in [2.05, 4.69) is 71.0 Å². The molecule has 146 valence electrons. The van der Waals surface area contributed by atoms with Gasteiger partial charge in [0.15, 0.2) is 25.1 Å². The van der Waals surface area contributed by atoms with Gasteiger partial charge in [0.25, 0.3) is 0 Å². The van der Waals surface area contributed by atoms with Gasteiger partial charge < -0.3 is 34.0 Å². The van der Waals surface area contributed by atoms with Crippen LogP contribution in [0.25, 0.3) is 5.82 Å². The average Bonchev–Trinajstić information content (AvgIpc) is 2.64. The quantitative estimate of drug-likeness (QED) is 0.274. The highest BCUT2D eigenvalue weighted by molar-refractivity contribution is 5.03. The van der Waals surface area contributed by atoms with Crippen molar-refractivity contribution in [1.82, 2.24) is 0 Å². The van der Waals surface area contributed by atoms with Crippen LogP contribution in [0.1, 0.15) is 71.1 Å². The molecule has 0 aliphatic rings. The Morgan fingerprint density at radius 1 is 0.615 bits per heavy atom. The summed E-state index contributed by atoms with van der Waals surface area (Å²) in [6, 6.07) is 12.7. The summed E-state index contributed by atoms with van der Waals surface area (Å²) in [5.74, 6) is 1.24. The number of aromatic nitrogens is 2. The van der Waals surface area contributed by atoms with Crippen LogP contribution < -0.4 is 43.1 Å². The van der Waals surface area contributed by atoms with Crippen molar-refractivity contribution in [3.8, 4) is 5.82 Å². The molecule has 0 saturated carbocycles. The zero-order valence-electron chi connectivity index (χ0n) is 16.1. The average molecular weight is 486 g/mol. The first-order valence-corrected chi connectivity index (χ1v) is 9.87. The van der Waals surface area contributed by atoms with Gasteiger partial charge in [-0.3, -0.25) is 0 Å². The zero-order chi connectivity index (χ0) is 16.9. The number of unbranched alkanes of at least 4 members (excludes halogenated alkanes) is 9. The van der Waals surface area contributed by atoms with Crippen molar-refractivity contribution in [1.29, 1.82) is 0 Å². The molecule has 0 fully saturated rings. The van der Waals surface area contributed by atoms with Crippen LogP contribution >= 0.6 is 0 Å². The third kappa shape index (κ3) is 9.82. The lowest BCUT2D eigenvalue weighted by Crippen LogP contribution is -3.00. The molecular formula is C22H34Br2N2. The molecule has 0 saturated heterocycles. The van der Waals surface area contributed by atoms with E-state index in [0.29, 0.717) is 0 Å². The molecule has 26 heavy (non-hydrogen) atoms. The van der Waals surface area contributed by atoms with E-state index < -0.39 is 0 Å². The van der Waals surface area contributed by atoms with Crippen LogP contribution in [0.3, 0.4) is 0 Å². The van der Waals surface area contributed by atoms with Crippen LogP contribution in [0.5, 0.6) is 0 Å². The summed E-state index contributed by atoms with van der Waals surface area (Å²) in [7, 11) is 0. The minimum atomic E-state index is 0. The molecule has 2 aromatic heterocycles. The van der Waals surface area contributed by atoms with E-state index in [0.717, 1.165) is 6.54 Å². The second-order valence-electron chi connectivity index (χ2n) is 6.72. The maximum atomic E-state index is 2.37. The molecule has 2 nitrogen and oxygen atoms in total. The van der Waals surface area contributed by atoms with Gasteiger partial charge in [0, 0.05) is 24.6 Å². The molecule has 0 atom stereocenters. The molecule has 0 aromatic carbocycles. The Hall–Kier alpha value is -0.740. The van der Waals surface area contributed by atoms with E-state index in [9.17, 15) is 0 Å². The summed E-state index contributed by atoms with van der Waals surface area (Å²) < 4.78 is 4.56. The second-order valence-corrected chi connectivity index (χ2v) is 6.72. The number of nitrogens with zero attached hydrogens (tertiary/aromatic N) is 2. The van der Waals surface area contributed by atoms with Gasteiger partial charge in [0.2, 0.25) is 0 Å². The van der Waals surface area contributed by atoms with E-state index in [1.807, 2.05) is 0 Å². The molecule has 0 aliphatic heterocycles. The lowest BCUT2D eigenvalue weighted by molar-refractivity contribution is -0.792. The Bertz CT molecular complexity index is 561. The highest BCUT2D eigenvalue weighted by Crippen LogP contribution is 2.10. The van der Waals surface area contributed by atoms with Crippen LogP contribution in [0.2, 0.25) is 0 Å². The topological polar surface area (TPSA) is 7.76 Å². The summed E-state index contributed by atoms with van der Waals surface area (Å²) in [4.78, 5) is 0. The van der Waals surface area contributed by atoms with Gasteiger partial charge >= 0.3 is 5.82 Å². The van der Waals surface area contributed by atoms with Crippen LogP contribution in [-0.4, -0.2) is 0 Å². The smallest absolute Gasteiger partial charge is 0.449 e. The fraction of sp³-hybridized carbons (Fsp3) is 0.545. The molecule has 4 heteroatoms. The van der Waals surface area contributed by atoms with Gasteiger partial charge in [-0.15, -0.1) is 9.13 Å². The second kappa shape index (κ2) is 16.4. The molecule has 0 spiro atoms. The Labute approximate surface area is 181 Å². The maximum Gasteiger partial charge on any atom is 0.449 e. The molecular weight excluding hydrogens is 452 g/mol. The first kappa shape index (κ1) is 25.3. The molecule has 2 rings (SSSR count). The van der Waals surface area contributed by atoms with Crippen LogP contribution in [-0.2, 0) is 6.54 Å². The highest BCUT2D eigenvalue weighted by atomic mass is 79.9. The summed E-state index contributed by atoms with van der Waals surface area (Å²) in [6.07, 6.45) is 20.3. The largest absolute Gasteiger partial charge is 1.00 e. The first-order valence-electron chi connectivity index (χ1n) is 9.87. The monoisotopic (exact) mass is 484 g/mol. The number of aryl methyl sites for hydroxylation is 1. The molecule has 0 radical (unpaired) electrons. The third-order valence-electron chi connectivity index (χ3n) is 4.65. The Balaban J connectivity index is 0.00000312. The molecule has 2 heterocycles. The predicted molar refractivity (Wildman–Crippen MR) is 100 cm³/mol. The third-order valence-corrected chi connectivity index (χ3v) is 4.65. The van der Waals surface area contributed by atoms with Crippen LogP contribution in [0, 0.1) is 0 Å².